The second-order valence-electron chi connectivity index (χ2n) is 10.2. The maximum atomic E-state index is 13.1. The number of ether oxygens (including phenoxy) is 1. The van der Waals surface area contributed by atoms with Crippen LogP contribution in [0.1, 0.15) is 92.9 Å². The molecule has 2 rings (SSSR count). The van der Waals surface area contributed by atoms with Gasteiger partial charge in [-0.3, -0.25) is 4.79 Å². The van der Waals surface area contributed by atoms with E-state index in [-0.39, 0.29) is 11.3 Å². The first-order valence-corrected chi connectivity index (χ1v) is 15.3. The van der Waals surface area contributed by atoms with Crippen LogP contribution in [0.2, 0.25) is 0 Å². The molecule has 0 spiro atoms. The molecule has 0 N–H and O–H groups in total. The predicted molar refractivity (Wildman–Crippen MR) is 166 cm³/mol. The van der Waals surface area contributed by atoms with Crippen LogP contribution in [0.3, 0.4) is 0 Å². The first-order chi connectivity index (χ1) is 18.1. The molecule has 38 heavy (non-hydrogen) atoms. The fourth-order valence-corrected chi connectivity index (χ4v) is 6.03. The highest BCUT2D eigenvalue weighted by Crippen LogP contribution is 2.43. The van der Waals surface area contributed by atoms with E-state index in [0.717, 1.165) is 57.2 Å². The Morgan fingerprint density at radius 2 is 1.58 bits per heavy atom. The number of carbonyl (C=O) groups is 1. The zero-order valence-corrected chi connectivity index (χ0v) is 26.7. The zero-order valence-electron chi connectivity index (χ0n) is 25.9. The molecule has 1 unspecified atom stereocenters. The molecule has 0 aromatic heterocycles. The maximum Gasteiger partial charge on any atom is 0.275 e. The van der Waals surface area contributed by atoms with Gasteiger partial charge in [0.2, 0.25) is 0 Å². The molecule has 0 radical (unpaired) electrons. The van der Waals surface area contributed by atoms with Crippen molar-refractivity contribution in [3.05, 3.63) is 46.6 Å². The number of likely N-dealkylation sites (N-methyl/N-ethyl adjacent to an activating group) is 2. The molecule has 0 saturated carbocycles. The summed E-state index contributed by atoms with van der Waals surface area (Å²) in [4.78, 5) is 19.5. The van der Waals surface area contributed by atoms with Crippen LogP contribution in [-0.4, -0.2) is 66.4 Å². The van der Waals surface area contributed by atoms with Crippen molar-refractivity contribution in [1.29, 1.82) is 0 Å². The van der Waals surface area contributed by atoms with Crippen molar-refractivity contribution in [2.75, 3.05) is 41.4 Å². The van der Waals surface area contributed by atoms with E-state index in [4.69, 9.17) is 0 Å². The van der Waals surface area contributed by atoms with Gasteiger partial charge in [-0.05, 0) is 51.5 Å². The van der Waals surface area contributed by atoms with Crippen LogP contribution in [0.4, 0.5) is 0 Å². The lowest BCUT2D eigenvalue weighted by atomic mass is 9.69. The summed E-state index contributed by atoms with van der Waals surface area (Å²) in [7, 11) is 5.64. The van der Waals surface area contributed by atoms with E-state index in [1.54, 1.807) is 25.4 Å². The average molecular weight is 550 g/mol. The summed E-state index contributed by atoms with van der Waals surface area (Å²) in [6.45, 7) is 13.9. The van der Waals surface area contributed by atoms with Gasteiger partial charge in [0.05, 0.1) is 5.57 Å². The maximum absolute atomic E-state index is 13.1. The summed E-state index contributed by atoms with van der Waals surface area (Å²) in [5.41, 5.74) is 2.63. The quantitative estimate of drug-likeness (QED) is 0.237. The minimum atomic E-state index is -1.33. The van der Waals surface area contributed by atoms with Gasteiger partial charge in [-0.25, -0.2) is 13.5 Å². The molecular formula is C31H55N3O3S. The Morgan fingerprint density at radius 3 is 2.13 bits per heavy atom. The summed E-state index contributed by atoms with van der Waals surface area (Å²) in [5, 5.41) is 0.574. The highest BCUT2D eigenvalue weighted by Gasteiger charge is 2.33. The van der Waals surface area contributed by atoms with Crippen LogP contribution >= 0.6 is 0 Å². The molecular weight excluding hydrogens is 494 g/mol. The van der Waals surface area contributed by atoms with Gasteiger partial charge in [-0.15, -0.1) is 0 Å². The minimum absolute atomic E-state index is 0.0265. The van der Waals surface area contributed by atoms with Crippen LogP contribution in [0.5, 0.6) is 0 Å². The molecule has 7 heteroatoms. The van der Waals surface area contributed by atoms with Crippen LogP contribution in [-0.2, 0) is 20.5 Å². The highest BCUT2D eigenvalue weighted by atomic mass is 32.2. The van der Waals surface area contributed by atoms with Crippen molar-refractivity contribution < 1.29 is 13.7 Å². The number of nitrogens with zero attached hydrogens (tertiary/aromatic N) is 3. The minimum Gasteiger partial charge on any atom is -0.388 e. The number of allylic oxidation sites excluding steroid dienone is 6. The lowest BCUT2D eigenvalue weighted by molar-refractivity contribution is -0.114. The lowest BCUT2D eigenvalue weighted by Crippen LogP contribution is -2.42. The van der Waals surface area contributed by atoms with Gasteiger partial charge in [0.25, 0.3) is 5.91 Å². The Kier molecular flexibility index (Phi) is 19.2. The molecule has 1 amide bonds. The topological polar surface area (TPSA) is 62.2 Å². The molecule has 6 nitrogen and oxygen atoms in total. The molecule has 218 valence electrons. The van der Waals surface area contributed by atoms with E-state index >= 15 is 0 Å². The number of carbonyl (C=O) groups excluding carboxylic acids is 1. The molecule has 1 atom stereocenters. The Labute approximate surface area is 236 Å². The number of rotatable bonds is 8. The number of amides is 1. The average Bonchev–Trinajstić information content (AvgIpc) is 2.82. The van der Waals surface area contributed by atoms with Crippen molar-refractivity contribution in [3.63, 3.8) is 0 Å². The first kappa shape index (κ1) is 36.2. The number of hydrogen-bond acceptors (Lipinski definition) is 4. The second-order valence-corrected chi connectivity index (χ2v) is 11.7. The van der Waals surface area contributed by atoms with E-state index in [0.29, 0.717) is 17.1 Å². The summed E-state index contributed by atoms with van der Waals surface area (Å²) in [6.07, 6.45) is 19.6. The molecule has 1 aliphatic carbocycles. The molecule has 0 aromatic rings. The van der Waals surface area contributed by atoms with Gasteiger partial charge < -0.3 is 9.64 Å². The van der Waals surface area contributed by atoms with E-state index in [2.05, 4.69) is 67.8 Å². The molecule has 0 bridgehead atoms. The third kappa shape index (κ3) is 11.9. The Balaban J connectivity index is 0.00000208. The highest BCUT2D eigenvalue weighted by molar-refractivity contribution is 7.86. The summed E-state index contributed by atoms with van der Waals surface area (Å²) < 4.78 is 18.8. The van der Waals surface area contributed by atoms with Crippen molar-refractivity contribution in [3.8, 4) is 0 Å². The molecule has 1 fully saturated rings. The van der Waals surface area contributed by atoms with E-state index < -0.39 is 11.0 Å². The molecule has 1 saturated heterocycles. The Bertz CT molecular complexity index is 879. The molecule has 2 aliphatic rings. The van der Waals surface area contributed by atoms with Crippen molar-refractivity contribution in [2.45, 2.75) is 92.9 Å². The fraction of sp³-hybridized carbons (Fsp3) is 0.677. The van der Waals surface area contributed by atoms with Crippen LogP contribution in [0, 0.1) is 5.41 Å². The standard InChI is InChI=1S/C26H41N3O2S.C3H8.C2H6O/c1-7-16-26(17-8-2,23-14-12-10-9-11-13-15-23)20-21(3)27-24(30)22(4)25-28(5)18-19-29(6)32(25)31;2*1-3-2/h10,12-15H,7-9,11,16-20H2,1-6H3;3H2,1-2H3;1-2H3/b12-10?,15-13-,23-14+,25-22+,27-21?;;. The summed E-state index contributed by atoms with van der Waals surface area (Å²) in [5.74, 6) is -0.281. The van der Waals surface area contributed by atoms with Gasteiger partial charge in [-0.2, -0.15) is 0 Å². The van der Waals surface area contributed by atoms with E-state index in [1.165, 1.54) is 12.0 Å². The monoisotopic (exact) mass is 549 g/mol. The number of methoxy groups -OCH3 is 1. The third-order valence-corrected chi connectivity index (χ3v) is 8.05. The van der Waals surface area contributed by atoms with E-state index in [1.807, 2.05) is 25.9 Å². The first-order valence-electron chi connectivity index (χ1n) is 14.2. The fourth-order valence-electron chi connectivity index (χ4n) is 4.78. The van der Waals surface area contributed by atoms with Gasteiger partial charge in [0.15, 0.2) is 0 Å². The molecule has 0 aromatic carbocycles. The van der Waals surface area contributed by atoms with Crippen LogP contribution < -0.4 is 0 Å². The second kappa shape index (κ2) is 20.1. The van der Waals surface area contributed by atoms with Gasteiger partial charge in [0, 0.05) is 52.5 Å². The smallest absolute Gasteiger partial charge is 0.275 e. The lowest BCUT2D eigenvalue weighted by Gasteiger charge is -2.36. The van der Waals surface area contributed by atoms with E-state index in [9.17, 15) is 9.00 Å². The van der Waals surface area contributed by atoms with Crippen LogP contribution in [0.15, 0.2) is 51.5 Å². The SMILES string of the molecule is CCC.CCCC(CCC)(CC(C)=NC(=O)/C(C)=C1\N(C)CCN(C)S1=O)C1=C/C=CCC/C=C\1.COC. The van der Waals surface area contributed by atoms with Gasteiger partial charge in [-0.1, -0.05) is 77.3 Å². The largest absolute Gasteiger partial charge is 0.388 e. The van der Waals surface area contributed by atoms with Crippen molar-refractivity contribution in [2.24, 2.45) is 10.4 Å². The molecule has 1 aliphatic heterocycles. The number of aliphatic imine (C=N–C) groups is 1. The zero-order chi connectivity index (χ0) is 29.1. The number of hydrogen-bond donors (Lipinski definition) is 0. The summed E-state index contributed by atoms with van der Waals surface area (Å²) in [6, 6.07) is 0. The predicted octanol–water partition coefficient (Wildman–Crippen LogP) is 7.23. The van der Waals surface area contributed by atoms with Crippen molar-refractivity contribution >= 4 is 22.6 Å². The Hall–Kier alpha value is -1.83. The normalized spacial score (nSPS) is 22.1. The van der Waals surface area contributed by atoms with Gasteiger partial charge >= 0.3 is 0 Å². The third-order valence-electron chi connectivity index (χ3n) is 6.35. The van der Waals surface area contributed by atoms with Crippen molar-refractivity contribution in [1.82, 2.24) is 9.21 Å². The van der Waals surface area contributed by atoms with Gasteiger partial charge in [0.1, 0.15) is 16.0 Å². The summed E-state index contributed by atoms with van der Waals surface area (Å²) >= 11 is 0. The van der Waals surface area contributed by atoms with Crippen LogP contribution in [0.25, 0.3) is 0 Å². The Morgan fingerprint density at radius 1 is 1.03 bits per heavy atom. The molecule has 1 heterocycles.